The van der Waals surface area contributed by atoms with Gasteiger partial charge in [0.2, 0.25) is 0 Å². The number of carbonyl (C=O) groups is 1. The van der Waals surface area contributed by atoms with Crippen LogP contribution in [0.2, 0.25) is 0 Å². The van der Waals surface area contributed by atoms with Crippen molar-refractivity contribution in [3.63, 3.8) is 0 Å². The Morgan fingerprint density at radius 1 is 1.16 bits per heavy atom. The number of carbonyl (C=O) groups excluding carboxylic acids is 1. The van der Waals surface area contributed by atoms with Gasteiger partial charge in [0, 0.05) is 17.7 Å². The molecule has 3 N–H and O–H groups in total. The summed E-state index contributed by atoms with van der Waals surface area (Å²) in [5, 5.41) is 4.41. The van der Waals surface area contributed by atoms with E-state index in [9.17, 15) is 13.6 Å². The minimum Gasteiger partial charge on any atom is -0.497 e. The fourth-order valence-corrected chi connectivity index (χ4v) is 2.38. The van der Waals surface area contributed by atoms with Crippen LogP contribution in [0.4, 0.5) is 14.5 Å². The Bertz CT molecular complexity index is 753. The second kappa shape index (κ2) is 8.43. The van der Waals surface area contributed by atoms with Gasteiger partial charge in [0.05, 0.1) is 19.9 Å². The van der Waals surface area contributed by atoms with Crippen LogP contribution in [0.5, 0.6) is 11.5 Å². The number of hydrogen-bond acceptors (Lipinski definition) is 3. The molecule has 1 atom stereocenters. The Labute approximate surface area is 144 Å². The monoisotopic (exact) mass is 351 g/mol. The van der Waals surface area contributed by atoms with E-state index in [0.29, 0.717) is 22.7 Å². The van der Waals surface area contributed by atoms with E-state index in [4.69, 9.17) is 9.47 Å². The van der Waals surface area contributed by atoms with E-state index in [0.717, 1.165) is 6.07 Å². The van der Waals surface area contributed by atoms with Crippen LogP contribution >= 0.6 is 0 Å². The minimum atomic E-state index is -0.627. The van der Waals surface area contributed by atoms with Crippen molar-refractivity contribution in [3.05, 3.63) is 53.6 Å². The van der Waals surface area contributed by atoms with Crippen molar-refractivity contribution < 1.29 is 28.4 Å². The lowest BCUT2D eigenvalue weighted by atomic mass is 10.1. The van der Waals surface area contributed by atoms with Gasteiger partial charge in [-0.05, 0) is 31.2 Å². The molecule has 1 amide bonds. The molecule has 0 aliphatic rings. The molecular formula is C18H21F2N2O3+. The van der Waals surface area contributed by atoms with Gasteiger partial charge in [0.15, 0.2) is 6.54 Å². The smallest absolute Gasteiger partial charge is 0.279 e. The van der Waals surface area contributed by atoms with Crippen LogP contribution in [0.1, 0.15) is 18.5 Å². The number of amides is 1. The molecule has 7 heteroatoms. The number of ether oxygens (including phenoxy) is 2. The predicted octanol–water partition coefficient (Wildman–Crippen LogP) is 2.25. The van der Waals surface area contributed by atoms with Crippen molar-refractivity contribution in [2.24, 2.45) is 0 Å². The van der Waals surface area contributed by atoms with Gasteiger partial charge in [-0.2, -0.15) is 0 Å². The minimum absolute atomic E-state index is 0.0766. The first-order chi connectivity index (χ1) is 11.9. The fourth-order valence-electron chi connectivity index (χ4n) is 2.38. The Morgan fingerprint density at radius 3 is 2.56 bits per heavy atom. The fraction of sp³-hybridized carbons (Fsp3) is 0.278. The molecule has 0 bridgehead atoms. The average molecular weight is 351 g/mol. The van der Waals surface area contributed by atoms with Gasteiger partial charge in [-0.15, -0.1) is 0 Å². The van der Waals surface area contributed by atoms with Gasteiger partial charge in [-0.1, -0.05) is 0 Å². The number of hydrogen-bond donors (Lipinski definition) is 2. The van der Waals surface area contributed by atoms with Crippen LogP contribution < -0.4 is 20.1 Å². The molecule has 5 nitrogen and oxygen atoms in total. The Morgan fingerprint density at radius 2 is 1.92 bits per heavy atom. The van der Waals surface area contributed by atoms with Crippen molar-refractivity contribution in [2.75, 3.05) is 26.1 Å². The van der Waals surface area contributed by atoms with Gasteiger partial charge in [-0.3, -0.25) is 4.79 Å². The maximum absolute atomic E-state index is 13.8. The highest BCUT2D eigenvalue weighted by Crippen LogP contribution is 2.28. The van der Waals surface area contributed by atoms with Crippen LogP contribution in [-0.4, -0.2) is 26.7 Å². The second-order valence-electron chi connectivity index (χ2n) is 5.51. The molecule has 0 aliphatic heterocycles. The summed E-state index contributed by atoms with van der Waals surface area (Å²) < 4.78 is 37.0. The van der Waals surface area contributed by atoms with Crippen LogP contribution in [0.15, 0.2) is 36.4 Å². The molecule has 0 heterocycles. The molecule has 25 heavy (non-hydrogen) atoms. The highest BCUT2D eigenvalue weighted by molar-refractivity contribution is 5.93. The molecule has 2 aromatic rings. The van der Waals surface area contributed by atoms with Crippen molar-refractivity contribution in [1.29, 1.82) is 0 Å². The van der Waals surface area contributed by atoms with Crippen LogP contribution in [-0.2, 0) is 4.79 Å². The van der Waals surface area contributed by atoms with Crippen LogP contribution in [0.25, 0.3) is 0 Å². The molecule has 0 aliphatic carbocycles. The Kier molecular flexibility index (Phi) is 6.30. The van der Waals surface area contributed by atoms with E-state index in [2.05, 4.69) is 5.32 Å². The number of methoxy groups -OCH3 is 2. The molecule has 134 valence electrons. The molecule has 0 fully saturated rings. The summed E-state index contributed by atoms with van der Waals surface area (Å²) in [6.07, 6.45) is 0. The van der Waals surface area contributed by atoms with E-state index in [1.165, 1.54) is 26.4 Å². The average Bonchev–Trinajstić information content (AvgIpc) is 2.60. The SMILES string of the molecule is COc1ccc(NC(=O)C[NH2+][C@H](C)c2ccc(F)cc2F)c(OC)c1. The number of rotatable bonds is 7. The summed E-state index contributed by atoms with van der Waals surface area (Å²) in [4.78, 5) is 12.1. The van der Waals surface area contributed by atoms with E-state index >= 15 is 0 Å². The third-order valence-electron chi connectivity index (χ3n) is 3.79. The van der Waals surface area contributed by atoms with Crippen LogP contribution in [0, 0.1) is 11.6 Å². The zero-order valence-electron chi connectivity index (χ0n) is 14.3. The summed E-state index contributed by atoms with van der Waals surface area (Å²) >= 11 is 0. The summed E-state index contributed by atoms with van der Waals surface area (Å²) in [6.45, 7) is 1.82. The standard InChI is InChI=1S/C18H20F2N2O3/c1-11(14-6-4-12(19)8-15(14)20)21-10-18(23)22-16-7-5-13(24-2)9-17(16)25-3/h4-9,11,21H,10H2,1-3H3,(H,22,23)/p+1/t11-/m1/s1. The van der Waals surface area contributed by atoms with Gasteiger partial charge < -0.3 is 20.1 Å². The van der Waals surface area contributed by atoms with Gasteiger partial charge in [0.1, 0.15) is 29.2 Å². The van der Waals surface area contributed by atoms with Crippen LogP contribution in [0.3, 0.4) is 0 Å². The third kappa shape index (κ3) is 4.90. The largest absolute Gasteiger partial charge is 0.497 e. The maximum Gasteiger partial charge on any atom is 0.279 e. The Hall–Kier alpha value is -2.67. The first-order valence-electron chi connectivity index (χ1n) is 7.74. The zero-order valence-corrected chi connectivity index (χ0v) is 14.3. The first kappa shape index (κ1) is 18.7. The number of nitrogens with one attached hydrogen (secondary N) is 1. The number of anilines is 1. The van der Waals surface area contributed by atoms with Crippen molar-refractivity contribution in [1.82, 2.24) is 0 Å². The number of benzene rings is 2. The highest BCUT2D eigenvalue weighted by Gasteiger charge is 2.17. The molecule has 2 aromatic carbocycles. The lowest BCUT2D eigenvalue weighted by Crippen LogP contribution is -2.86. The molecule has 0 radical (unpaired) electrons. The van der Waals surface area contributed by atoms with E-state index in [-0.39, 0.29) is 18.5 Å². The summed E-state index contributed by atoms with van der Waals surface area (Å²) in [5.41, 5.74) is 0.860. The molecule has 0 saturated heterocycles. The van der Waals surface area contributed by atoms with Gasteiger partial charge >= 0.3 is 0 Å². The number of halogens is 2. The summed E-state index contributed by atoms with van der Waals surface area (Å²) in [7, 11) is 3.04. The number of quaternary nitrogens is 1. The van der Waals surface area contributed by atoms with E-state index in [1.807, 2.05) is 0 Å². The zero-order chi connectivity index (χ0) is 18.4. The second-order valence-corrected chi connectivity index (χ2v) is 5.51. The molecule has 0 saturated carbocycles. The predicted molar refractivity (Wildman–Crippen MR) is 89.7 cm³/mol. The highest BCUT2D eigenvalue weighted by atomic mass is 19.1. The Balaban J connectivity index is 1.96. The summed E-state index contributed by atoms with van der Waals surface area (Å²) in [5.74, 6) is -0.427. The van der Waals surface area contributed by atoms with E-state index < -0.39 is 11.6 Å². The third-order valence-corrected chi connectivity index (χ3v) is 3.79. The molecule has 0 aromatic heterocycles. The van der Waals surface area contributed by atoms with E-state index in [1.54, 1.807) is 30.4 Å². The topological polar surface area (TPSA) is 64.2 Å². The molecule has 0 spiro atoms. The first-order valence-corrected chi connectivity index (χ1v) is 7.74. The lowest BCUT2D eigenvalue weighted by Gasteiger charge is -2.14. The number of nitrogens with two attached hydrogens (primary N) is 1. The molecular weight excluding hydrogens is 330 g/mol. The van der Waals surface area contributed by atoms with Crippen molar-refractivity contribution in [2.45, 2.75) is 13.0 Å². The quantitative estimate of drug-likeness (QED) is 0.804. The lowest BCUT2D eigenvalue weighted by molar-refractivity contribution is -0.682. The normalized spacial score (nSPS) is 11.7. The van der Waals surface area contributed by atoms with Gasteiger partial charge in [-0.25, -0.2) is 8.78 Å². The van der Waals surface area contributed by atoms with Crippen molar-refractivity contribution in [3.8, 4) is 11.5 Å². The van der Waals surface area contributed by atoms with Crippen molar-refractivity contribution >= 4 is 11.6 Å². The molecule has 0 unspecified atom stereocenters. The van der Waals surface area contributed by atoms with Gasteiger partial charge in [0.25, 0.3) is 5.91 Å². The maximum atomic E-state index is 13.8. The summed E-state index contributed by atoms with van der Waals surface area (Å²) in [6, 6.07) is 8.14. The molecule has 2 rings (SSSR count).